The molecule has 1 aromatic heterocycles. The summed E-state index contributed by atoms with van der Waals surface area (Å²) in [5.41, 5.74) is 6.30. The summed E-state index contributed by atoms with van der Waals surface area (Å²) >= 11 is 25.5. The number of benzene rings is 1. The molecule has 0 amide bonds. The van der Waals surface area contributed by atoms with E-state index in [9.17, 15) is 0 Å². The summed E-state index contributed by atoms with van der Waals surface area (Å²) in [4.78, 5) is 0.785. The highest BCUT2D eigenvalue weighted by molar-refractivity contribution is 7.10. The topological polar surface area (TPSA) is 35.2 Å². The second kappa shape index (κ2) is 5.98. The predicted octanol–water partition coefficient (Wildman–Crippen LogP) is 5.92. The van der Waals surface area contributed by atoms with E-state index in [1.54, 1.807) is 17.5 Å². The van der Waals surface area contributed by atoms with Gasteiger partial charge >= 0.3 is 0 Å². The molecule has 0 saturated heterocycles. The second-order valence-corrected chi connectivity index (χ2v) is 6.37. The minimum atomic E-state index is -0.686. The van der Waals surface area contributed by atoms with Crippen LogP contribution in [0.4, 0.5) is 5.69 Å². The first-order chi connectivity index (χ1) is 8.90. The number of ether oxygens (including phenoxy) is 1. The van der Waals surface area contributed by atoms with E-state index in [-0.39, 0.29) is 10.0 Å². The average Bonchev–Trinajstić information content (AvgIpc) is 2.80. The monoisotopic (exact) mass is 355 g/mol. The molecule has 2 aromatic rings. The lowest BCUT2D eigenvalue weighted by Crippen LogP contribution is -2.01. The maximum Gasteiger partial charge on any atom is 0.206 e. The summed E-state index contributed by atoms with van der Waals surface area (Å²) < 4.78 is 5.61. The van der Waals surface area contributed by atoms with Gasteiger partial charge in [0.15, 0.2) is 0 Å². The van der Waals surface area contributed by atoms with Crippen molar-refractivity contribution in [1.82, 2.24) is 0 Å². The van der Waals surface area contributed by atoms with E-state index in [1.165, 1.54) is 11.3 Å². The van der Waals surface area contributed by atoms with Crippen molar-refractivity contribution in [1.29, 1.82) is 0 Å². The lowest BCUT2D eigenvalue weighted by atomic mass is 10.2. The molecule has 0 saturated carbocycles. The van der Waals surface area contributed by atoms with Gasteiger partial charge in [0.05, 0.1) is 20.6 Å². The van der Waals surface area contributed by atoms with Gasteiger partial charge in [0.1, 0.15) is 10.8 Å². The van der Waals surface area contributed by atoms with E-state index < -0.39 is 5.56 Å². The van der Waals surface area contributed by atoms with Gasteiger partial charge in [0.25, 0.3) is 0 Å². The Balaban J connectivity index is 2.29. The van der Waals surface area contributed by atoms with Crippen LogP contribution in [0.2, 0.25) is 15.1 Å². The second-order valence-electron chi connectivity index (χ2n) is 3.83. The fraction of sp³-hybridized carbons (Fsp3) is 0.167. The molecule has 1 aromatic carbocycles. The molecule has 0 aliphatic carbocycles. The number of aryl methyl sites for hydroxylation is 1. The quantitative estimate of drug-likeness (QED) is 0.547. The van der Waals surface area contributed by atoms with Crippen LogP contribution in [-0.2, 0) is 0 Å². The third-order valence-electron chi connectivity index (χ3n) is 2.46. The van der Waals surface area contributed by atoms with Crippen LogP contribution in [0.15, 0.2) is 17.5 Å². The fourth-order valence-corrected chi connectivity index (χ4v) is 3.18. The number of nitrogen functional groups attached to an aromatic ring is 1. The molecule has 1 heterocycles. The van der Waals surface area contributed by atoms with Crippen molar-refractivity contribution in [3.05, 3.63) is 43.0 Å². The maximum atomic E-state index is 6.17. The highest BCUT2D eigenvalue weighted by atomic mass is 35.5. The molecule has 102 valence electrons. The Hall–Kier alpha value is -0.320. The molecule has 7 heteroatoms. The van der Waals surface area contributed by atoms with Gasteiger partial charge in [-0.3, -0.25) is 0 Å². The van der Waals surface area contributed by atoms with Crippen molar-refractivity contribution in [3.8, 4) is 5.75 Å². The molecular formula is C12H9Cl4NOS. The van der Waals surface area contributed by atoms with Crippen molar-refractivity contribution >= 4 is 63.4 Å². The highest BCUT2D eigenvalue weighted by Crippen LogP contribution is 2.41. The first kappa shape index (κ1) is 15.1. The Morgan fingerprint density at radius 3 is 2.47 bits per heavy atom. The van der Waals surface area contributed by atoms with Crippen molar-refractivity contribution in [2.24, 2.45) is 0 Å². The molecule has 2 nitrogen and oxygen atoms in total. The van der Waals surface area contributed by atoms with Gasteiger partial charge in [-0.25, -0.2) is 0 Å². The summed E-state index contributed by atoms with van der Waals surface area (Å²) in [5, 5.41) is 2.91. The molecule has 0 aliphatic heterocycles. The Kier molecular flexibility index (Phi) is 4.75. The van der Waals surface area contributed by atoms with E-state index in [0.717, 1.165) is 10.4 Å². The average molecular weight is 357 g/mol. The zero-order valence-corrected chi connectivity index (χ0v) is 13.6. The molecule has 1 atom stereocenters. The molecule has 2 N–H and O–H groups in total. The maximum absolute atomic E-state index is 6.17. The molecular weight excluding hydrogens is 348 g/mol. The number of hydrogen-bond donors (Lipinski definition) is 1. The van der Waals surface area contributed by atoms with Crippen LogP contribution in [0.25, 0.3) is 0 Å². The zero-order valence-electron chi connectivity index (χ0n) is 9.72. The third-order valence-corrected chi connectivity index (χ3v) is 5.10. The summed E-state index contributed by atoms with van der Waals surface area (Å²) in [6.07, 6.45) is 0. The Morgan fingerprint density at radius 2 is 1.89 bits per heavy atom. The van der Waals surface area contributed by atoms with E-state index in [4.69, 9.17) is 56.9 Å². The number of nitrogens with two attached hydrogens (primary N) is 1. The number of alkyl halides is 1. The van der Waals surface area contributed by atoms with Crippen molar-refractivity contribution in [3.63, 3.8) is 0 Å². The number of hydrogen-bond acceptors (Lipinski definition) is 3. The molecule has 0 spiro atoms. The lowest BCUT2D eigenvalue weighted by molar-refractivity contribution is 0.292. The number of anilines is 1. The molecule has 0 radical (unpaired) electrons. The Morgan fingerprint density at radius 1 is 1.21 bits per heavy atom. The number of halogens is 4. The largest absolute Gasteiger partial charge is 0.468 e. The summed E-state index contributed by atoms with van der Waals surface area (Å²) in [6.45, 7) is 1.82. The van der Waals surface area contributed by atoms with Gasteiger partial charge in [-0.15, -0.1) is 11.3 Å². The van der Waals surface area contributed by atoms with Crippen LogP contribution in [0.3, 0.4) is 0 Å². The standard InChI is InChI=1S/C12H9Cl4NOS/c1-5-2-7(9(14)10(15)11(5)17)18-12(16)8-3-6(13)4-19-8/h2-4,12H,17H2,1H3. The summed E-state index contributed by atoms with van der Waals surface area (Å²) in [6, 6.07) is 3.44. The Bertz CT molecular complexity index is 614. The number of thiophene rings is 1. The first-order valence-corrected chi connectivity index (χ1v) is 7.64. The molecule has 0 bridgehead atoms. The highest BCUT2D eigenvalue weighted by Gasteiger charge is 2.17. The van der Waals surface area contributed by atoms with Crippen LogP contribution in [0, 0.1) is 6.92 Å². The smallest absolute Gasteiger partial charge is 0.206 e. The molecule has 1 unspecified atom stereocenters. The van der Waals surface area contributed by atoms with E-state index in [1.807, 2.05) is 6.92 Å². The van der Waals surface area contributed by atoms with Gasteiger partial charge in [0, 0.05) is 5.38 Å². The third kappa shape index (κ3) is 3.23. The van der Waals surface area contributed by atoms with Crippen LogP contribution >= 0.6 is 57.7 Å². The van der Waals surface area contributed by atoms with Crippen molar-refractivity contribution in [2.45, 2.75) is 12.5 Å². The van der Waals surface area contributed by atoms with Gasteiger partial charge in [-0.2, -0.15) is 0 Å². The lowest BCUT2D eigenvalue weighted by Gasteiger charge is -2.15. The Labute approximate surface area is 135 Å². The van der Waals surface area contributed by atoms with E-state index in [2.05, 4.69) is 0 Å². The first-order valence-electron chi connectivity index (χ1n) is 5.19. The minimum Gasteiger partial charge on any atom is -0.468 e. The predicted molar refractivity (Wildman–Crippen MR) is 84.2 cm³/mol. The SMILES string of the molecule is Cc1cc(OC(Cl)c2cc(Cl)cs2)c(Cl)c(Cl)c1N. The molecule has 2 rings (SSSR count). The number of rotatable bonds is 3. The molecule has 0 fully saturated rings. The minimum absolute atomic E-state index is 0.248. The fourth-order valence-electron chi connectivity index (χ4n) is 1.44. The summed E-state index contributed by atoms with van der Waals surface area (Å²) in [5.74, 6) is 0.392. The van der Waals surface area contributed by atoms with Gasteiger partial charge in [-0.05, 0) is 24.6 Å². The van der Waals surface area contributed by atoms with Crippen LogP contribution < -0.4 is 10.5 Å². The van der Waals surface area contributed by atoms with Crippen LogP contribution in [0.1, 0.15) is 16.0 Å². The zero-order chi connectivity index (χ0) is 14.2. The normalized spacial score (nSPS) is 12.5. The van der Waals surface area contributed by atoms with Crippen molar-refractivity contribution in [2.75, 3.05) is 5.73 Å². The summed E-state index contributed by atoms with van der Waals surface area (Å²) in [7, 11) is 0. The van der Waals surface area contributed by atoms with Gasteiger partial charge in [0.2, 0.25) is 5.56 Å². The van der Waals surface area contributed by atoms with Gasteiger partial charge in [-0.1, -0.05) is 46.4 Å². The molecule has 19 heavy (non-hydrogen) atoms. The van der Waals surface area contributed by atoms with Crippen molar-refractivity contribution < 1.29 is 4.74 Å². The molecule has 0 aliphatic rings. The van der Waals surface area contributed by atoms with E-state index in [0.29, 0.717) is 16.5 Å². The van der Waals surface area contributed by atoms with Crippen LogP contribution in [-0.4, -0.2) is 0 Å². The van der Waals surface area contributed by atoms with Gasteiger partial charge < -0.3 is 10.5 Å². The van der Waals surface area contributed by atoms with E-state index >= 15 is 0 Å². The van der Waals surface area contributed by atoms with Crippen LogP contribution in [0.5, 0.6) is 5.75 Å².